The molecule has 0 unspecified atom stereocenters. The average molecular weight is 427 g/mol. The minimum Gasteiger partial charge on any atom is -0.378 e. The SMILES string of the molecule is Cn1cc(CN=C(N)N2CCOCC2)c(-c2ccccc2)n1.I. The van der Waals surface area contributed by atoms with Crippen LogP contribution in [0.3, 0.4) is 0 Å². The van der Waals surface area contributed by atoms with Gasteiger partial charge in [-0.3, -0.25) is 4.68 Å². The van der Waals surface area contributed by atoms with Gasteiger partial charge in [0, 0.05) is 37.5 Å². The summed E-state index contributed by atoms with van der Waals surface area (Å²) in [5.74, 6) is 0.575. The zero-order valence-corrected chi connectivity index (χ0v) is 15.5. The highest BCUT2D eigenvalue weighted by atomic mass is 127. The van der Waals surface area contributed by atoms with E-state index in [4.69, 9.17) is 10.5 Å². The largest absolute Gasteiger partial charge is 0.378 e. The Bertz CT molecular complexity index is 650. The van der Waals surface area contributed by atoms with Gasteiger partial charge in [-0.05, 0) is 0 Å². The quantitative estimate of drug-likeness (QED) is 0.461. The first-order valence-corrected chi connectivity index (χ1v) is 7.44. The van der Waals surface area contributed by atoms with Gasteiger partial charge < -0.3 is 15.4 Å². The molecule has 0 saturated carbocycles. The number of aromatic nitrogens is 2. The fourth-order valence-electron chi connectivity index (χ4n) is 2.55. The molecule has 0 radical (unpaired) electrons. The predicted molar refractivity (Wildman–Crippen MR) is 102 cm³/mol. The van der Waals surface area contributed by atoms with Crippen LogP contribution in [0.25, 0.3) is 11.3 Å². The molecule has 124 valence electrons. The third kappa shape index (κ3) is 4.44. The van der Waals surface area contributed by atoms with Gasteiger partial charge in [-0.2, -0.15) is 5.10 Å². The summed E-state index contributed by atoms with van der Waals surface area (Å²) in [6.45, 7) is 3.54. The molecule has 1 aliphatic heterocycles. The summed E-state index contributed by atoms with van der Waals surface area (Å²) in [6, 6.07) is 10.1. The van der Waals surface area contributed by atoms with Gasteiger partial charge in [-0.25, -0.2) is 4.99 Å². The topological polar surface area (TPSA) is 68.7 Å². The molecule has 2 heterocycles. The molecule has 0 aliphatic carbocycles. The number of hydrogen-bond donors (Lipinski definition) is 1. The molecule has 1 fully saturated rings. The predicted octanol–water partition coefficient (Wildman–Crippen LogP) is 1.85. The van der Waals surface area contributed by atoms with Gasteiger partial charge >= 0.3 is 0 Å². The van der Waals surface area contributed by atoms with Crippen LogP contribution in [-0.4, -0.2) is 46.9 Å². The molecule has 1 aromatic carbocycles. The lowest BCUT2D eigenvalue weighted by Crippen LogP contribution is -2.44. The Morgan fingerprint density at radius 2 is 1.96 bits per heavy atom. The van der Waals surface area contributed by atoms with Crippen LogP contribution in [0.4, 0.5) is 0 Å². The van der Waals surface area contributed by atoms with Crippen LogP contribution < -0.4 is 5.73 Å². The minimum absolute atomic E-state index is 0. The van der Waals surface area contributed by atoms with E-state index in [1.165, 1.54) is 0 Å². The van der Waals surface area contributed by atoms with Crippen molar-refractivity contribution in [1.29, 1.82) is 0 Å². The lowest BCUT2D eigenvalue weighted by atomic mass is 10.1. The number of benzene rings is 1. The third-order valence-electron chi connectivity index (χ3n) is 3.70. The van der Waals surface area contributed by atoms with E-state index in [0.29, 0.717) is 25.7 Å². The number of ether oxygens (including phenoxy) is 1. The van der Waals surface area contributed by atoms with Crippen LogP contribution in [0.2, 0.25) is 0 Å². The van der Waals surface area contributed by atoms with Crippen molar-refractivity contribution in [3.05, 3.63) is 42.1 Å². The lowest BCUT2D eigenvalue weighted by molar-refractivity contribution is 0.0674. The van der Waals surface area contributed by atoms with Gasteiger partial charge in [-0.15, -0.1) is 24.0 Å². The van der Waals surface area contributed by atoms with Gasteiger partial charge in [0.15, 0.2) is 5.96 Å². The number of halogens is 1. The first kappa shape index (κ1) is 17.7. The van der Waals surface area contributed by atoms with E-state index in [1.54, 1.807) is 0 Å². The first-order chi connectivity index (χ1) is 10.7. The molecule has 0 atom stereocenters. The zero-order valence-electron chi connectivity index (χ0n) is 13.2. The lowest BCUT2D eigenvalue weighted by Gasteiger charge is -2.27. The summed E-state index contributed by atoms with van der Waals surface area (Å²) in [5, 5.41) is 4.54. The smallest absolute Gasteiger partial charge is 0.191 e. The van der Waals surface area contributed by atoms with Gasteiger partial charge in [0.1, 0.15) is 0 Å². The van der Waals surface area contributed by atoms with Crippen molar-refractivity contribution < 1.29 is 4.74 Å². The molecule has 1 aromatic heterocycles. The number of guanidine groups is 1. The van der Waals surface area contributed by atoms with E-state index in [-0.39, 0.29) is 24.0 Å². The molecular weight excluding hydrogens is 405 g/mol. The van der Waals surface area contributed by atoms with Crippen LogP contribution >= 0.6 is 24.0 Å². The van der Waals surface area contributed by atoms with Crippen molar-refractivity contribution in [3.63, 3.8) is 0 Å². The van der Waals surface area contributed by atoms with E-state index in [2.05, 4.69) is 27.1 Å². The highest BCUT2D eigenvalue weighted by Crippen LogP contribution is 2.22. The molecule has 0 spiro atoms. The van der Waals surface area contributed by atoms with Crippen molar-refractivity contribution >= 4 is 29.9 Å². The third-order valence-corrected chi connectivity index (χ3v) is 3.70. The van der Waals surface area contributed by atoms with E-state index in [9.17, 15) is 0 Å². The molecule has 23 heavy (non-hydrogen) atoms. The number of nitrogens with two attached hydrogens (primary N) is 1. The Kier molecular flexibility index (Phi) is 6.40. The van der Waals surface area contributed by atoms with Crippen molar-refractivity contribution in [2.75, 3.05) is 26.3 Å². The van der Waals surface area contributed by atoms with Crippen LogP contribution in [0.1, 0.15) is 5.56 Å². The molecule has 0 amide bonds. The fourth-order valence-corrected chi connectivity index (χ4v) is 2.55. The maximum absolute atomic E-state index is 6.08. The second-order valence-electron chi connectivity index (χ2n) is 5.32. The first-order valence-electron chi connectivity index (χ1n) is 7.44. The van der Waals surface area contributed by atoms with Crippen molar-refractivity contribution in [2.24, 2.45) is 17.8 Å². The number of aryl methyl sites for hydroxylation is 1. The van der Waals surface area contributed by atoms with Crippen molar-refractivity contribution in [3.8, 4) is 11.3 Å². The van der Waals surface area contributed by atoms with E-state index in [0.717, 1.165) is 29.9 Å². The molecule has 1 saturated heterocycles. The minimum atomic E-state index is 0. The fraction of sp³-hybridized carbons (Fsp3) is 0.375. The maximum atomic E-state index is 6.08. The Morgan fingerprint density at radius 1 is 1.26 bits per heavy atom. The van der Waals surface area contributed by atoms with Crippen molar-refractivity contribution in [2.45, 2.75) is 6.54 Å². The monoisotopic (exact) mass is 427 g/mol. The second kappa shape index (κ2) is 8.30. The van der Waals surface area contributed by atoms with E-state index in [1.807, 2.05) is 36.1 Å². The zero-order chi connectivity index (χ0) is 15.4. The normalized spacial score (nSPS) is 15.3. The summed E-state index contributed by atoms with van der Waals surface area (Å²) >= 11 is 0. The van der Waals surface area contributed by atoms with E-state index >= 15 is 0 Å². The number of morpholine rings is 1. The van der Waals surface area contributed by atoms with Gasteiger partial charge in [0.2, 0.25) is 0 Å². The summed E-state index contributed by atoms with van der Waals surface area (Å²) in [7, 11) is 1.92. The Morgan fingerprint density at radius 3 is 2.65 bits per heavy atom. The van der Waals surface area contributed by atoms with Crippen LogP contribution in [-0.2, 0) is 18.3 Å². The van der Waals surface area contributed by atoms with E-state index < -0.39 is 0 Å². The highest BCUT2D eigenvalue weighted by Gasteiger charge is 2.13. The summed E-state index contributed by atoms with van der Waals surface area (Å²) < 4.78 is 7.14. The van der Waals surface area contributed by atoms with Gasteiger partial charge in [0.25, 0.3) is 0 Å². The number of rotatable bonds is 3. The summed E-state index contributed by atoms with van der Waals surface area (Å²) in [4.78, 5) is 6.59. The van der Waals surface area contributed by atoms with Gasteiger partial charge in [0.05, 0.1) is 25.5 Å². The average Bonchev–Trinajstić information content (AvgIpc) is 2.95. The highest BCUT2D eigenvalue weighted by molar-refractivity contribution is 14.0. The number of nitrogens with zero attached hydrogens (tertiary/aromatic N) is 4. The molecule has 1 aliphatic rings. The van der Waals surface area contributed by atoms with Crippen LogP contribution in [0, 0.1) is 0 Å². The second-order valence-corrected chi connectivity index (χ2v) is 5.32. The number of aliphatic imine (C=N–C) groups is 1. The Balaban J connectivity index is 0.00000192. The summed E-state index contributed by atoms with van der Waals surface area (Å²) in [6.07, 6.45) is 2.00. The molecule has 7 heteroatoms. The van der Waals surface area contributed by atoms with Crippen molar-refractivity contribution in [1.82, 2.24) is 14.7 Å². The molecule has 3 rings (SSSR count). The molecular formula is C16H22IN5O. The Hall–Kier alpha value is -1.61. The molecule has 0 bridgehead atoms. The molecule has 2 N–H and O–H groups in total. The van der Waals surface area contributed by atoms with Crippen LogP contribution in [0.15, 0.2) is 41.5 Å². The summed E-state index contributed by atoms with van der Waals surface area (Å²) in [5.41, 5.74) is 9.21. The maximum Gasteiger partial charge on any atom is 0.191 e. The molecule has 2 aromatic rings. The van der Waals surface area contributed by atoms with Crippen LogP contribution in [0.5, 0.6) is 0 Å². The van der Waals surface area contributed by atoms with Gasteiger partial charge in [-0.1, -0.05) is 30.3 Å². The standard InChI is InChI=1S/C16H21N5O.HI/c1-20-12-14(15(19-20)13-5-3-2-4-6-13)11-18-16(17)21-7-9-22-10-8-21;/h2-6,12H,7-11H2,1H3,(H2,17,18);1H. The Labute approximate surface area is 153 Å². The number of hydrogen-bond acceptors (Lipinski definition) is 3. The molecule has 6 nitrogen and oxygen atoms in total.